The molecule has 0 spiro atoms. The van der Waals surface area contributed by atoms with Crippen LogP contribution in [0.4, 0.5) is 4.39 Å². The average Bonchev–Trinajstić information content (AvgIpc) is 3.22. The summed E-state index contributed by atoms with van der Waals surface area (Å²) < 4.78 is 40.2. The molecule has 0 fully saturated rings. The van der Waals surface area contributed by atoms with Gasteiger partial charge in [-0.25, -0.2) is 4.39 Å². The number of methoxy groups -OCH3 is 3. The van der Waals surface area contributed by atoms with E-state index in [2.05, 4.69) is 10.2 Å². The van der Waals surface area contributed by atoms with Crippen LogP contribution in [0.2, 0.25) is 0 Å². The second-order valence-corrected chi connectivity index (χ2v) is 6.84. The fourth-order valence-electron chi connectivity index (χ4n) is 2.53. The van der Waals surface area contributed by atoms with Crippen molar-refractivity contribution in [2.75, 3.05) is 33.7 Å². The van der Waals surface area contributed by atoms with E-state index < -0.39 is 0 Å². The van der Waals surface area contributed by atoms with Gasteiger partial charge in [0.05, 0.1) is 27.9 Å². The van der Waals surface area contributed by atoms with Gasteiger partial charge < -0.3 is 23.4 Å². The largest absolute Gasteiger partial charge is 0.494 e. The predicted octanol–water partition coefficient (Wildman–Crippen LogP) is 4.46. The van der Waals surface area contributed by atoms with Gasteiger partial charge in [0.15, 0.2) is 11.5 Å². The second-order valence-electron chi connectivity index (χ2n) is 5.79. The lowest BCUT2D eigenvalue weighted by molar-refractivity contribution is 0.318. The van der Waals surface area contributed by atoms with Crippen LogP contribution in [-0.4, -0.2) is 43.9 Å². The van der Waals surface area contributed by atoms with Crippen molar-refractivity contribution in [2.24, 2.45) is 0 Å². The first-order chi connectivity index (χ1) is 14.1. The van der Waals surface area contributed by atoms with E-state index in [0.29, 0.717) is 46.3 Å². The molecule has 0 saturated heterocycles. The molecule has 9 heteroatoms. The van der Waals surface area contributed by atoms with Gasteiger partial charge in [-0.3, -0.25) is 0 Å². The number of aromatic nitrogens is 2. The Kier molecular flexibility index (Phi) is 7.18. The maximum Gasteiger partial charge on any atom is 0.276 e. The summed E-state index contributed by atoms with van der Waals surface area (Å²) in [5.74, 6) is 2.95. The van der Waals surface area contributed by atoms with Gasteiger partial charge in [0.1, 0.15) is 11.6 Å². The highest BCUT2D eigenvalue weighted by atomic mass is 32.2. The van der Waals surface area contributed by atoms with Gasteiger partial charge in [0.25, 0.3) is 5.22 Å². The molecule has 0 bridgehead atoms. The van der Waals surface area contributed by atoms with Crippen molar-refractivity contribution in [1.29, 1.82) is 0 Å². The van der Waals surface area contributed by atoms with Crippen molar-refractivity contribution in [1.82, 2.24) is 10.2 Å². The first kappa shape index (κ1) is 20.8. The summed E-state index contributed by atoms with van der Waals surface area (Å²) >= 11 is 1.43. The van der Waals surface area contributed by atoms with Gasteiger partial charge in [-0.2, -0.15) is 0 Å². The molecule has 3 rings (SSSR count). The van der Waals surface area contributed by atoms with E-state index in [0.717, 1.165) is 12.2 Å². The third-order valence-corrected chi connectivity index (χ3v) is 4.82. The van der Waals surface area contributed by atoms with Crippen LogP contribution in [0.25, 0.3) is 11.5 Å². The van der Waals surface area contributed by atoms with Gasteiger partial charge in [0, 0.05) is 11.3 Å². The highest BCUT2D eigenvalue weighted by molar-refractivity contribution is 7.99. The normalized spacial score (nSPS) is 10.6. The van der Waals surface area contributed by atoms with Crippen molar-refractivity contribution < 1.29 is 27.8 Å². The second kappa shape index (κ2) is 10.0. The van der Waals surface area contributed by atoms with Crippen LogP contribution in [0.5, 0.6) is 23.0 Å². The Bertz CT molecular complexity index is 908. The molecule has 1 aromatic heterocycles. The van der Waals surface area contributed by atoms with E-state index in [1.54, 1.807) is 45.6 Å². The Labute approximate surface area is 172 Å². The van der Waals surface area contributed by atoms with Crippen molar-refractivity contribution in [3.05, 3.63) is 42.2 Å². The fraction of sp³-hybridized carbons (Fsp3) is 0.300. The number of halogens is 1. The van der Waals surface area contributed by atoms with Gasteiger partial charge in [-0.1, -0.05) is 11.8 Å². The molecule has 0 aliphatic carbocycles. The number of ether oxygens (including phenoxy) is 4. The number of nitrogens with zero attached hydrogens (tertiary/aromatic N) is 2. The smallest absolute Gasteiger partial charge is 0.276 e. The van der Waals surface area contributed by atoms with Gasteiger partial charge in [-0.15, -0.1) is 10.2 Å². The quantitative estimate of drug-likeness (QED) is 0.351. The summed E-state index contributed by atoms with van der Waals surface area (Å²) in [6.45, 7) is 0.506. The lowest BCUT2D eigenvalue weighted by Gasteiger charge is -2.12. The molecular formula is C20H21FN2O5S. The van der Waals surface area contributed by atoms with E-state index in [9.17, 15) is 4.39 Å². The van der Waals surface area contributed by atoms with E-state index >= 15 is 0 Å². The molecule has 0 atom stereocenters. The summed E-state index contributed by atoms with van der Waals surface area (Å²) in [5.41, 5.74) is 0.665. The minimum atomic E-state index is -0.285. The lowest BCUT2D eigenvalue weighted by atomic mass is 10.2. The summed E-state index contributed by atoms with van der Waals surface area (Å²) in [5, 5.41) is 8.61. The topological polar surface area (TPSA) is 75.8 Å². The molecule has 2 aromatic carbocycles. The van der Waals surface area contributed by atoms with Crippen LogP contribution in [-0.2, 0) is 0 Å². The molecule has 0 unspecified atom stereocenters. The molecule has 1 heterocycles. The molecule has 0 saturated carbocycles. The SMILES string of the molecule is COc1cc(-c2nnc(SCCCOc3ccc(F)cc3)o2)cc(OC)c1OC. The molecule has 0 radical (unpaired) electrons. The zero-order valence-corrected chi connectivity index (χ0v) is 17.1. The maximum atomic E-state index is 12.9. The molecular weight excluding hydrogens is 399 g/mol. The Morgan fingerprint density at radius 3 is 2.28 bits per heavy atom. The monoisotopic (exact) mass is 420 g/mol. The lowest BCUT2D eigenvalue weighted by Crippen LogP contribution is -1.98. The molecule has 7 nitrogen and oxygen atoms in total. The van der Waals surface area contributed by atoms with Gasteiger partial charge >= 0.3 is 0 Å². The molecule has 0 aliphatic heterocycles. The zero-order chi connectivity index (χ0) is 20.6. The number of hydrogen-bond donors (Lipinski definition) is 0. The molecule has 0 N–H and O–H groups in total. The van der Waals surface area contributed by atoms with Crippen molar-refractivity contribution >= 4 is 11.8 Å². The minimum absolute atomic E-state index is 0.285. The van der Waals surface area contributed by atoms with Crippen LogP contribution < -0.4 is 18.9 Å². The highest BCUT2D eigenvalue weighted by Crippen LogP contribution is 2.41. The van der Waals surface area contributed by atoms with Crippen LogP contribution in [0.15, 0.2) is 46.0 Å². The molecule has 3 aromatic rings. The van der Waals surface area contributed by atoms with Gasteiger partial charge in [0.2, 0.25) is 11.6 Å². The predicted molar refractivity (Wildman–Crippen MR) is 107 cm³/mol. The third-order valence-electron chi connectivity index (χ3n) is 3.91. The number of rotatable bonds is 10. The summed E-state index contributed by atoms with van der Waals surface area (Å²) in [7, 11) is 4.63. The Morgan fingerprint density at radius 1 is 0.966 bits per heavy atom. The molecule has 0 amide bonds. The van der Waals surface area contributed by atoms with E-state index in [1.165, 1.54) is 23.9 Å². The third kappa shape index (κ3) is 5.32. The molecule has 154 valence electrons. The summed E-state index contributed by atoms with van der Waals surface area (Å²) in [6.07, 6.45) is 0.768. The number of hydrogen-bond acceptors (Lipinski definition) is 8. The highest BCUT2D eigenvalue weighted by Gasteiger charge is 2.17. The van der Waals surface area contributed by atoms with Crippen LogP contribution >= 0.6 is 11.8 Å². The van der Waals surface area contributed by atoms with E-state index in [4.69, 9.17) is 23.4 Å². The molecule has 29 heavy (non-hydrogen) atoms. The first-order valence-corrected chi connectivity index (χ1v) is 9.78. The summed E-state index contributed by atoms with van der Waals surface area (Å²) in [6, 6.07) is 9.44. The summed E-state index contributed by atoms with van der Waals surface area (Å²) in [4.78, 5) is 0. The van der Waals surface area contributed by atoms with Crippen molar-refractivity contribution in [3.8, 4) is 34.5 Å². The van der Waals surface area contributed by atoms with E-state index in [-0.39, 0.29) is 5.82 Å². The molecule has 0 aliphatic rings. The van der Waals surface area contributed by atoms with Crippen molar-refractivity contribution in [3.63, 3.8) is 0 Å². The minimum Gasteiger partial charge on any atom is -0.494 e. The average molecular weight is 420 g/mol. The Hall–Kier alpha value is -2.94. The zero-order valence-electron chi connectivity index (χ0n) is 16.3. The fourth-order valence-corrected chi connectivity index (χ4v) is 3.20. The standard InChI is InChI=1S/C20H21FN2O5S/c1-24-16-11-13(12-17(25-2)18(16)26-3)19-22-23-20(28-19)29-10-4-9-27-15-7-5-14(21)6-8-15/h5-8,11-12H,4,9-10H2,1-3H3. The van der Waals surface area contributed by atoms with Crippen LogP contribution in [0.1, 0.15) is 6.42 Å². The van der Waals surface area contributed by atoms with Crippen molar-refractivity contribution in [2.45, 2.75) is 11.6 Å². The van der Waals surface area contributed by atoms with Crippen LogP contribution in [0.3, 0.4) is 0 Å². The first-order valence-electron chi connectivity index (χ1n) is 8.79. The maximum absolute atomic E-state index is 12.9. The number of benzene rings is 2. The Morgan fingerprint density at radius 2 is 1.66 bits per heavy atom. The Balaban J connectivity index is 1.56. The van der Waals surface area contributed by atoms with E-state index in [1.807, 2.05) is 0 Å². The van der Waals surface area contributed by atoms with Crippen LogP contribution in [0, 0.1) is 5.82 Å². The van der Waals surface area contributed by atoms with Gasteiger partial charge in [-0.05, 0) is 42.8 Å². The number of thioether (sulfide) groups is 1.